The van der Waals surface area contributed by atoms with Crippen LogP contribution >= 0.6 is 0 Å². The fourth-order valence-corrected chi connectivity index (χ4v) is 2.77. The van der Waals surface area contributed by atoms with Crippen LogP contribution in [0, 0.1) is 11.3 Å². The van der Waals surface area contributed by atoms with Gasteiger partial charge in [0.15, 0.2) is 0 Å². The van der Waals surface area contributed by atoms with Crippen molar-refractivity contribution in [2.45, 2.75) is 25.5 Å². The third kappa shape index (κ3) is 3.94. The molecule has 24 heavy (non-hydrogen) atoms. The van der Waals surface area contributed by atoms with Gasteiger partial charge in [0.25, 0.3) is 5.91 Å². The summed E-state index contributed by atoms with van der Waals surface area (Å²) in [6, 6.07) is 8.92. The minimum Gasteiger partial charge on any atom is -0.376 e. The van der Waals surface area contributed by atoms with Gasteiger partial charge in [-0.1, -0.05) is 0 Å². The van der Waals surface area contributed by atoms with E-state index in [0.29, 0.717) is 18.7 Å². The quantitative estimate of drug-likeness (QED) is 0.843. The third-order valence-electron chi connectivity index (χ3n) is 3.98. The Morgan fingerprint density at radius 2 is 2.17 bits per heavy atom. The molecule has 0 radical (unpaired) electrons. The van der Waals surface area contributed by atoms with Gasteiger partial charge in [-0.3, -0.25) is 9.78 Å². The second-order valence-electron chi connectivity index (χ2n) is 5.72. The zero-order valence-corrected chi connectivity index (χ0v) is 13.3. The fourth-order valence-electron chi connectivity index (χ4n) is 2.77. The molecule has 1 amide bonds. The van der Waals surface area contributed by atoms with Crippen molar-refractivity contribution in [3.63, 3.8) is 0 Å². The van der Waals surface area contributed by atoms with Crippen molar-refractivity contribution in [1.29, 1.82) is 5.26 Å². The van der Waals surface area contributed by atoms with Crippen molar-refractivity contribution >= 4 is 5.91 Å². The van der Waals surface area contributed by atoms with Crippen LogP contribution in [0.5, 0.6) is 0 Å². The number of ether oxygens (including phenoxy) is 1. The lowest BCUT2D eigenvalue weighted by Gasteiger charge is -2.25. The lowest BCUT2D eigenvalue weighted by molar-refractivity contribution is 0.0507. The standard InChI is InChI=1S/C18H18N4O2/c19-11-16-10-15(5-8-21-16)18(23)22(13-17-2-1-9-24-17)12-14-3-6-20-7-4-14/h3-8,10,17H,1-2,9,12-13H2. The van der Waals surface area contributed by atoms with E-state index in [1.54, 1.807) is 23.4 Å². The molecule has 0 saturated carbocycles. The van der Waals surface area contributed by atoms with Crippen LogP contribution in [0.25, 0.3) is 0 Å². The van der Waals surface area contributed by atoms with Crippen LogP contribution in [0.15, 0.2) is 42.9 Å². The molecule has 3 rings (SSSR count). The Morgan fingerprint density at radius 3 is 2.88 bits per heavy atom. The minimum atomic E-state index is -0.124. The van der Waals surface area contributed by atoms with Crippen molar-refractivity contribution in [2.75, 3.05) is 13.2 Å². The maximum Gasteiger partial charge on any atom is 0.254 e. The lowest BCUT2D eigenvalue weighted by Crippen LogP contribution is -2.37. The molecule has 2 aromatic heterocycles. The van der Waals surface area contributed by atoms with Gasteiger partial charge in [0.05, 0.1) is 6.10 Å². The Morgan fingerprint density at radius 1 is 1.33 bits per heavy atom. The number of amides is 1. The monoisotopic (exact) mass is 322 g/mol. The van der Waals surface area contributed by atoms with E-state index in [0.717, 1.165) is 25.0 Å². The number of pyridine rings is 2. The van der Waals surface area contributed by atoms with E-state index in [1.807, 2.05) is 18.2 Å². The molecule has 0 aliphatic carbocycles. The molecule has 6 heteroatoms. The third-order valence-corrected chi connectivity index (χ3v) is 3.98. The van der Waals surface area contributed by atoms with E-state index in [1.165, 1.54) is 12.3 Å². The van der Waals surface area contributed by atoms with Crippen LogP contribution in [-0.4, -0.2) is 40.0 Å². The second kappa shape index (κ2) is 7.66. The Bertz CT molecular complexity index is 736. The van der Waals surface area contributed by atoms with Crippen molar-refractivity contribution < 1.29 is 9.53 Å². The Kier molecular flexibility index (Phi) is 5.14. The van der Waals surface area contributed by atoms with Gasteiger partial charge in [-0.25, -0.2) is 4.98 Å². The van der Waals surface area contributed by atoms with E-state index in [9.17, 15) is 4.79 Å². The van der Waals surface area contributed by atoms with Crippen molar-refractivity contribution in [2.24, 2.45) is 0 Å². The van der Waals surface area contributed by atoms with Crippen LogP contribution in [0.3, 0.4) is 0 Å². The first-order valence-corrected chi connectivity index (χ1v) is 7.92. The van der Waals surface area contributed by atoms with Crippen molar-refractivity contribution in [3.8, 4) is 6.07 Å². The number of carbonyl (C=O) groups excluding carboxylic acids is 1. The first kappa shape index (κ1) is 16.1. The molecule has 6 nitrogen and oxygen atoms in total. The summed E-state index contributed by atoms with van der Waals surface area (Å²) in [5, 5.41) is 8.98. The molecule has 1 aliphatic rings. The van der Waals surface area contributed by atoms with Crippen molar-refractivity contribution in [3.05, 3.63) is 59.7 Å². The molecule has 3 heterocycles. The number of nitrogens with zero attached hydrogens (tertiary/aromatic N) is 4. The van der Waals surface area contributed by atoms with Crippen molar-refractivity contribution in [1.82, 2.24) is 14.9 Å². The topological polar surface area (TPSA) is 79.1 Å². The summed E-state index contributed by atoms with van der Waals surface area (Å²) < 4.78 is 5.68. The fraction of sp³-hybridized carbons (Fsp3) is 0.333. The average Bonchev–Trinajstić information content (AvgIpc) is 3.14. The SMILES string of the molecule is N#Cc1cc(C(=O)N(Cc2ccncc2)CC2CCCO2)ccn1. The zero-order chi connectivity index (χ0) is 16.8. The molecule has 1 unspecified atom stereocenters. The van der Waals surface area contributed by atoms with Crippen LogP contribution in [0.1, 0.15) is 34.5 Å². The molecule has 2 aromatic rings. The van der Waals surface area contributed by atoms with E-state index in [4.69, 9.17) is 10.00 Å². The van der Waals surface area contributed by atoms with E-state index >= 15 is 0 Å². The number of nitriles is 1. The highest BCUT2D eigenvalue weighted by atomic mass is 16.5. The number of carbonyl (C=O) groups is 1. The number of hydrogen-bond donors (Lipinski definition) is 0. The van der Waals surface area contributed by atoms with Gasteiger partial charge < -0.3 is 9.64 Å². The summed E-state index contributed by atoms with van der Waals surface area (Å²) in [4.78, 5) is 22.6. The summed E-state index contributed by atoms with van der Waals surface area (Å²) in [6.45, 7) is 1.76. The van der Waals surface area contributed by atoms with Gasteiger partial charge in [-0.2, -0.15) is 5.26 Å². The normalized spacial score (nSPS) is 16.5. The van der Waals surface area contributed by atoms with Crippen LogP contribution < -0.4 is 0 Å². The minimum absolute atomic E-state index is 0.0630. The highest BCUT2D eigenvalue weighted by Gasteiger charge is 2.24. The van der Waals surface area contributed by atoms with Gasteiger partial charge in [-0.05, 0) is 42.7 Å². The largest absolute Gasteiger partial charge is 0.376 e. The second-order valence-corrected chi connectivity index (χ2v) is 5.72. The molecule has 0 spiro atoms. The van der Waals surface area contributed by atoms with E-state index < -0.39 is 0 Å². The highest BCUT2D eigenvalue weighted by Crippen LogP contribution is 2.17. The van der Waals surface area contributed by atoms with Gasteiger partial charge >= 0.3 is 0 Å². The van der Waals surface area contributed by atoms with Crippen LogP contribution in [-0.2, 0) is 11.3 Å². The Balaban J connectivity index is 1.81. The molecule has 1 atom stereocenters. The first-order chi connectivity index (χ1) is 11.8. The summed E-state index contributed by atoms with van der Waals surface area (Å²) in [6.07, 6.45) is 6.96. The maximum absolute atomic E-state index is 12.9. The van der Waals surface area contributed by atoms with E-state index in [-0.39, 0.29) is 17.7 Å². The van der Waals surface area contributed by atoms with Gasteiger partial charge in [-0.15, -0.1) is 0 Å². The molecular weight excluding hydrogens is 304 g/mol. The summed E-state index contributed by atoms with van der Waals surface area (Å²) in [5.74, 6) is -0.124. The Hall–Kier alpha value is -2.78. The van der Waals surface area contributed by atoms with Crippen LogP contribution in [0.2, 0.25) is 0 Å². The predicted octanol–water partition coefficient (Wildman–Crippen LogP) is 2.17. The molecule has 1 fully saturated rings. The molecule has 0 N–H and O–H groups in total. The molecule has 1 aliphatic heterocycles. The average molecular weight is 322 g/mol. The summed E-state index contributed by atoms with van der Waals surface area (Å²) in [5.41, 5.74) is 1.71. The summed E-state index contributed by atoms with van der Waals surface area (Å²) >= 11 is 0. The smallest absolute Gasteiger partial charge is 0.254 e. The highest BCUT2D eigenvalue weighted by molar-refractivity contribution is 5.94. The molecule has 1 saturated heterocycles. The first-order valence-electron chi connectivity index (χ1n) is 7.92. The Labute approximate surface area is 140 Å². The van der Waals surface area contributed by atoms with E-state index in [2.05, 4.69) is 9.97 Å². The number of aromatic nitrogens is 2. The van der Waals surface area contributed by atoms with Gasteiger partial charge in [0.1, 0.15) is 11.8 Å². The van der Waals surface area contributed by atoms with Gasteiger partial charge in [0, 0.05) is 43.9 Å². The molecule has 0 bridgehead atoms. The molecule has 0 aromatic carbocycles. The van der Waals surface area contributed by atoms with Crippen LogP contribution in [0.4, 0.5) is 0 Å². The summed E-state index contributed by atoms with van der Waals surface area (Å²) in [7, 11) is 0. The maximum atomic E-state index is 12.9. The molecule has 122 valence electrons. The number of rotatable bonds is 5. The lowest BCUT2D eigenvalue weighted by atomic mass is 10.1. The predicted molar refractivity (Wildman–Crippen MR) is 86.9 cm³/mol. The molecular formula is C18H18N4O2. The zero-order valence-electron chi connectivity index (χ0n) is 13.3. The number of hydrogen-bond acceptors (Lipinski definition) is 5. The van der Waals surface area contributed by atoms with Gasteiger partial charge in [0.2, 0.25) is 0 Å².